The van der Waals surface area contributed by atoms with Crippen LogP contribution >= 0.6 is 24.0 Å². The summed E-state index contributed by atoms with van der Waals surface area (Å²) in [5.74, 6) is -0.0650. The number of anilines is 1. The van der Waals surface area contributed by atoms with Gasteiger partial charge in [0, 0.05) is 25.0 Å². The molecule has 0 atom stereocenters. The first kappa shape index (κ1) is 13.9. The summed E-state index contributed by atoms with van der Waals surface area (Å²) in [5.41, 5.74) is 1.51. The highest BCUT2D eigenvalue weighted by molar-refractivity contribution is 8.27. The van der Waals surface area contributed by atoms with E-state index in [2.05, 4.69) is 0 Å². The van der Waals surface area contributed by atoms with Crippen LogP contribution in [0.5, 0.6) is 5.75 Å². The van der Waals surface area contributed by atoms with Crippen molar-refractivity contribution in [1.82, 2.24) is 4.57 Å². The highest BCUT2D eigenvalue weighted by Gasteiger charge is 2.33. The number of rotatable bonds is 2. The molecule has 1 aromatic heterocycles. The molecule has 6 heteroatoms. The van der Waals surface area contributed by atoms with Crippen LogP contribution in [0, 0.1) is 0 Å². The minimum atomic E-state index is -0.170. The Bertz CT molecular complexity index is 765. The van der Waals surface area contributed by atoms with Crippen LogP contribution in [0.4, 0.5) is 5.69 Å². The van der Waals surface area contributed by atoms with E-state index in [1.165, 1.54) is 22.7 Å². The molecule has 1 N–H and O–H groups in total. The molecule has 1 aliphatic rings. The van der Waals surface area contributed by atoms with Crippen LogP contribution in [0.2, 0.25) is 0 Å². The summed E-state index contributed by atoms with van der Waals surface area (Å²) in [7, 11) is 1.92. The molecule has 0 saturated carbocycles. The minimum Gasteiger partial charge on any atom is -0.508 e. The van der Waals surface area contributed by atoms with E-state index in [1.807, 2.05) is 36.0 Å². The zero-order valence-corrected chi connectivity index (χ0v) is 12.8. The third-order valence-electron chi connectivity index (χ3n) is 3.14. The van der Waals surface area contributed by atoms with E-state index in [9.17, 15) is 9.90 Å². The van der Waals surface area contributed by atoms with Crippen LogP contribution < -0.4 is 4.90 Å². The number of aromatic nitrogens is 1. The summed E-state index contributed by atoms with van der Waals surface area (Å²) in [5, 5.41) is 9.55. The number of hydrogen-bond acceptors (Lipinski definition) is 4. The molecule has 1 aromatic carbocycles. The second kappa shape index (κ2) is 5.38. The maximum absolute atomic E-state index is 12.5. The first-order valence-corrected chi connectivity index (χ1v) is 7.47. The molecule has 1 amide bonds. The van der Waals surface area contributed by atoms with Crippen molar-refractivity contribution in [2.45, 2.75) is 0 Å². The second-order valence-electron chi connectivity index (χ2n) is 4.58. The standard InChI is InChI=1S/C15H12N2O2S2/c1-16-7-3-5-10(16)9-13-14(19)17(15(20)21-13)11-4-2-6-12(18)8-11/h2-9,18H,1H3/b13-9+. The zero-order chi connectivity index (χ0) is 15.0. The summed E-state index contributed by atoms with van der Waals surface area (Å²) >= 11 is 6.55. The molecule has 0 unspecified atom stereocenters. The van der Waals surface area contributed by atoms with E-state index in [0.29, 0.717) is 14.9 Å². The van der Waals surface area contributed by atoms with Crippen molar-refractivity contribution in [3.05, 3.63) is 53.2 Å². The molecule has 0 aliphatic carbocycles. The van der Waals surface area contributed by atoms with E-state index in [1.54, 1.807) is 18.2 Å². The lowest BCUT2D eigenvalue weighted by atomic mass is 10.2. The molecule has 1 fully saturated rings. The number of amides is 1. The number of phenols is 1. The monoisotopic (exact) mass is 316 g/mol. The Morgan fingerprint density at radius 1 is 1.29 bits per heavy atom. The number of phenolic OH excluding ortho intramolecular Hbond substituents is 1. The quantitative estimate of drug-likeness (QED) is 0.683. The van der Waals surface area contributed by atoms with Gasteiger partial charge in [-0.05, 0) is 30.3 Å². The summed E-state index contributed by atoms with van der Waals surface area (Å²) in [4.78, 5) is 14.5. The Balaban J connectivity index is 1.96. The molecular formula is C15H12N2O2S2. The zero-order valence-electron chi connectivity index (χ0n) is 11.2. The van der Waals surface area contributed by atoms with Gasteiger partial charge < -0.3 is 9.67 Å². The van der Waals surface area contributed by atoms with Crippen LogP contribution in [-0.4, -0.2) is 19.9 Å². The number of thiocarbonyl (C=S) groups is 1. The van der Waals surface area contributed by atoms with Crippen LogP contribution in [-0.2, 0) is 11.8 Å². The molecule has 21 heavy (non-hydrogen) atoms. The first-order valence-electron chi connectivity index (χ1n) is 6.24. The van der Waals surface area contributed by atoms with Crippen LogP contribution in [0.15, 0.2) is 47.5 Å². The van der Waals surface area contributed by atoms with Crippen molar-refractivity contribution < 1.29 is 9.90 Å². The Labute approximate surface area is 131 Å². The lowest BCUT2D eigenvalue weighted by Crippen LogP contribution is -2.27. The van der Waals surface area contributed by atoms with E-state index >= 15 is 0 Å². The largest absolute Gasteiger partial charge is 0.508 e. The van der Waals surface area contributed by atoms with E-state index < -0.39 is 0 Å². The number of carbonyl (C=O) groups excluding carboxylic acids is 1. The number of hydrogen-bond donors (Lipinski definition) is 1. The second-order valence-corrected chi connectivity index (χ2v) is 6.26. The molecule has 0 radical (unpaired) electrons. The van der Waals surface area contributed by atoms with E-state index in [-0.39, 0.29) is 11.7 Å². The van der Waals surface area contributed by atoms with E-state index in [4.69, 9.17) is 12.2 Å². The summed E-state index contributed by atoms with van der Waals surface area (Å²) < 4.78 is 2.40. The fraction of sp³-hybridized carbons (Fsp3) is 0.0667. The van der Waals surface area contributed by atoms with Gasteiger partial charge in [-0.3, -0.25) is 9.69 Å². The molecule has 2 heterocycles. The van der Waals surface area contributed by atoms with Gasteiger partial charge in [0.1, 0.15) is 5.75 Å². The van der Waals surface area contributed by atoms with Gasteiger partial charge in [0.25, 0.3) is 5.91 Å². The number of thioether (sulfide) groups is 1. The molecular weight excluding hydrogens is 304 g/mol. The number of benzene rings is 1. The molecule has 0 spiro atoms. The molecule has 3 rings (SSSR count). The lowest BCUT2D eigenvalue weighted by molar-refractivity contribution is -0.113. The van der Waals surface area contributed by atoms with Gasteiger partial charge in [0.05, 0.1) is 10.6 Å². The number of aromatic hydroxyl groups is 1. The van der Waals surface area contributed by atoms with Crippen LogP contribution in [0.3, 0.4) is 0 Å². The van der Waals surface area contributed by atoms with Gasteiger partial charge in [-0.2, -0.15) is 0 Å². The average Bonchev–Trinajstić information content (AvgIpc) is 2.95. The number of carbonyl (C=O) groups is 1. The maximum Gasteiger partial charge on any atom is 0.270 e. The van der Waals surface area contributed by atoms with Crippen LogP contribution in [0.1, 0.15) is 5.69 Å². The highest BCUT2D eigenvalue weighted by atomic mass is 32.2. The molecule has 2 aromatic rings. The van der Waals surface area contributed by atoms with Gasteiger partial charge in [0.2, 0.25) is 0 Å². The Morgan fingerprint density at radius 2 is 2.10 bits per heavy atom. The third kappa shape index (κ3) is 2.59. The van der Waals surface area contributed by atoms with Gasteiger partial charge in [-0.1, -0.05) is 30.0 Å². The van der Waals surface area contributed by atoms with Crippen molar-refractivity contribution in [2.24, 2.45) is 7.05 Å². The Kier molecular flexibility index (Phi) is 3.57. The summed E-state index contributed by atoms with van der Waals surface area (Å²) in [6, 6.07) is 10.4. The van der Waals surface area contributed by atoms with Gasteiger partial charge in [0.15, 0.2) is 4.32 Å². The summed E-state index contributed by atoms with van der Waals surface area (Å²) in [6.07, 6.45) is 3.74. The minimum absolute atomic E-state index is 0.105. The first-order chi connectivity index (χ1) is 10.1. The molecule has 1 aliphatic heterocycles. The van der Waals surface area contributed by atoms with Gasteiger partial charge in [-0.15, -0.1) is 0 Å². The molecule has 1 saturated heterocycles. The van der Waals surface area contributed by atoms with E-state index in [0.717, 1.165) is 5.69 Å². The van der Waals surface area contributed by atoms with Crippen molar-refractivity contribution in [3.63, 3.8) is 0 Å². The van der Waals surface area contributed by atoms with Gasteiger partial charge >= 0.3 is 0 Å². The average molecular weight is 316 g/mol. The number of nitrogens with zero attached hydrogens (tertiary/aromatic N) is 2. The molecule has 4 nitrogen and oxygen atoms in total. The predicted molar refractivity (Wildman–Crippen MR) is 89.2 cm³/mol. The molecule has 106 valence electrons. The van der Waals surface area contributed by atoms with Crippen LogP contribution in [0.25, 0.3) is 6.08 Å². The normalized spacial score (nSPS) is 17.0. The predicted octanol–water partition coefficient (Wildman–Crippen LogP) is 3.14. The topological polar surface area (TPSA) is 45.5 Å². The van der Waals surface area contributed by atoms with Crippen molar-refractivity contribution in [1.29, 1.82) is 0 Å². The van der Waals surface area contributed by atoms with Crippen molar-refractivity contribution in [2.75, 3.05) is 4.90 Å². The molecule has 0 bridgehead atoms. The third-order valence-corrected chi connectivity index (χ3v) is 4.45. The van der Waals surface area contributed by atoms with Gasteiger partial charge in [-0.25, -0.2) is 0 Å². The fourth-order valence-electron chi connectivity index (χ4n) is 2.08. The summed E-state index contributed by atoms with van der Waals surface area (Å²) in [6.45, 7) is 0. The number of aryl methyl sites for hydroxylation is 1. The Morgan fingerprint density at radius 3 is 2.76 bits per heavy atom. The van der Waals surface area contributed by atoms with Crippen molar-refractivity contribution >= 4 is 46.0 Å². The fourth-order valence-corrected chi connectivity index (χ4v) is 3.36. The maximum atomic E-state index is 12.5. The van der Waals surface area contributed by atoms with Crippen molar-refractivity contribution in [3.8, 4) is 5.75 Å². The smallest absolute Gasteiger partial charge is 0.270 e. The Hall–Kier alpha value is -2.05. The lowest BCUT2D eigenvalue weighted by Gasteiger charge is -2.14. The highest BCUT2D eigenvalue weighted by Crippen LogP contribution is 2.36. The SMILES string of the molecule is Cn1cccc1/C=C1/SC(=S)N(c2cccc(O)c2)C1=O.